The Labute approximate surface area is 240 Å². The topological polar surface area (TPSA) is 89.8 Å². The standard InChI is InChI=1S/C34H61NO4/c1-3-5-7-9-11-12-13-14-16-20-24-28-33(38)32(30-36)35-34(39)29-25-21-17-19-23-27-31(37)26-22-18-15-10-8-6-4-2/h6,8,15,18,22,24,26,28,31-33,36-38H,3-5,7,9-14,16-17,19-21,23,25,27,29-30H2,1-2H3,(H,35,39)/b8-6+,18-15+,26-22+,28-24+/t31?,32-,33+/m0/s1. The zero-order valence-electron chi connectivity index (χ0n) is 25.2. The van der Waals surface area contributed by atoms with E-state index in [0.717, 1.165) is 64.2 Å². The molecule has 0 saturated carbocycles. The molecule has 0 radical (unpaired) electrons. The third kappa shape index (κ3) is 26.3. The maximum absolute atomic E-state index is 12.2. The minimum absolute atomic E-state index is 0.126. The van der Waals surface area contributed by atoms with Gasteiger partial charge in [0.1, 0.15) is 0 Å². The molecule has 5 heteroatoms. The smallest absolute Gasteiger partial charge is 0.220 e. The van der Waals surface area contributed by atoms with Gasteiger partial charge in [-0.1, -0.05) is 140 Å². The SMILES string of the molecule is CC/C=C/C/C=C/C=C/C(O)CCCCCCCC(=O)N[C@@H](CO)[C@H](O)/C=C/CCCCCCCCCCC. The van der Waals surface area contributed by atoms with E-state index in [4.69, 9.17) is 0 Å². The van der Waals surface area contributed by atoms with Gasteiger partial charge >= 0.3 is 0 Å². The number of aliphatic hydroxyl groups excluding tert-OH is 3. The van der Waals surface area contributed by atoms with Gasteiger partial charge in [0.05, 0.1) is 24.9 Å². The molecule has 5 nitrogen and oxygen atoms in total. The number of rotatable bonds is 27. The molecule has 0 rings (SSSR count). The number of nitrogens with one attached hydrogen (secondary N) is 1. The molecule has 39 heavy (non-hydrogen) atoms. The van der Waals surface area contributed by atoms with Crippen LogP contribution < -0.4 is 5.32 Å². The van der Waals surface area contributed by atoms with E-state index >= 15 is 0 Å². The zero-order chi connectivity index (χ0) is 28.8. The van der Waals surface area contributed by atoms with Crippen LogP contribution in [0, 0.1) is 0 Å². The Balaban J connectivity index is 3.82. The van der Waals surface area contributed by atoms with Gasteiger partial charge in [-0.15, -0.1) is 0 Å². The summed E-state index contributed by atoms with van der Waals surface area (Å²) in [6.45, 7) is 4.08. The first-order chi connectivity index (χ1) is 19.0. The number of hydrogen-bond acceptors (Lipinski definition) is 4. The molecule has 0 aliphatic heterocycles. The van der Waals surface area contributed by atoms with Gasteiger partial charge in [0.2, 0.25) is 5.91 Å². The molecule has 0 aliphatic rings. The van der Waals surface area contributed by atoms with Gasteiger partial charge in [0.25, 0.3) is 0 Å². The van der Waals surface area contributed by atoms with Gasteiger partial charge in [-0.3, -0.25) is 4.79 Å². The van der Waals surface area contributed by atoms with Crippen LogP contribution in [0.4, 0.5) is 0 Å². The Bertz CT molecular complexity index is 656. The quantitative estimate of drug-likeness (QED) is 0.0479. The number of allylic oxidation sites excluding steroid dienone is 6. The third-order valence-corrected chi connectivity index (χ3v) is 6.92. The summed E-state index contributed by atoms with van der Waals surface area (Å²) < 4.78 is 0. The van der Waals surface area contributed by atoms with Crippen molar-refractivity contribution in [3.63, 3.8) is 0 Å². The van der Waals surface area contributed by atoms with Gasteiger partial charge < -0.3 is 20.6 Å². The molecule has 0 saturated heterocycles. The second-order valence-corrected chi connectivity index (χ2v) is 10.7. The first-order valence-electron chi connectivity index (χ1n) is 16.0. The lowest BCUT2D eigenvalue weighted by molar-refractivity contribution is -0.123. The van der Waals surface area contributed by atoms with Gasteiger partial charge in [-0.25, -0.2) is 0 Å². The second kappa shape index (κ2) is 29.3. The van der Waals surface area contributed by atoms with E-state index in [1.165, 1.54) is 51.4 Å². The average Bonchev–Trinajstić information content (AvgIpc) is 2.93. The Morgan fingerprint density at radius 2 is 1.36 bits per heavy atom. The van der Waals surface area contributed by atoms with Crippen molar-refractivity contribution in [3.05, 3.63) is 48.6 Å². The van der Waals surface area contributed by atoms with E-state index in [-0.39, 0.29) is 12.5 Å². The van der Waals surface area contributed by atoms with Crippen LogP contribution in [-0.2, 0) is 4.79 Å². The third-order valence-electron chi connectivity index (χ3n) is 6.92. The Morgan fingerprint density at radius 1 is 0.718 bits per heavy atom. The molecule has 0 aromatic rings. The number of unbranched alkanes of at least 4 members (excludes halogenated alkanes) is 13. The predicted octanol–water partition coefficient (Wildman–Crippen LogP) is 7.86. The van der Waals surface area contributed by atoms with E-state index in [9.17, 15) is 20.1 Å². The van der Waals surface area contributed by atoms with Crippen LogP contribution in [0.5, 0.6) is 0 Å². The summed E-state index contributed by atoms with van der Waals surface area (Å²) >= 11 is 0. The molecule has 0 fully saturated rings. The van der Waals surface area contributed by atoms with Gasteiger partial charge in [-0.05, 0) is 38.5 Å². The lowest BCUT2D eigenvalue weighted by Crippen LogP contribution is -2.45. The van der Waals surface area contributed by atoms with Crippen molar-refractivity contribution in [3.8, 4) is 0 Å². The van der Waals surface area contributed by atoms with E-state index in [1.54, 1.807) is 6.08 Å². The van der Waals surface area contributed by atoms with Crippen LogP contribution in [0.2, 0.25) is 0 Å². The van der Waals surface area contributed by atoms with E-state index in [0.29, 0.717) is 6.42 Å². The first kappa shape index (κ1) is 37.3. The highest BCUT2D eigenvalue weighted by molar-refractivity contribution is 5.76. The van der Waals surface area contributed by atoms with Crippen LogP contribution in [0.1, 0.15) is 136 Å². The monoisotopic (exact) mass is 547 g/mol. The molecule has 4 N–H and O–H groups in total. The van der Waals surface area contributed by atoms with E-state index in [2.05, 4.69) is 37.4 Å². The van der Waals surface area contributed by atoms with E-state index < -0.39 is 18.2 Å². The van der Waals surface area contributed by atoms with Crippen molar-refractivity contribution in [2.75, 3.05) is 6.61 Å². The lowest BCUT2D eigenvalue weighted by atomic mass is 10.1. The molecule has 0 aromatic carbocycles. The molecule has 0 heterocycles. The van der Waals surface area contributed by atoms with Crippen LogP contribution in [-0.4, -0.2) is 46.1 Å². The van der Waals surface area contributed by atoms with Crippen molar-refractivity contribution >= 4 is 5.91 Å². The molecule has 0 aliphatic carbocycles. The fourth-order valence-corrected chi connectivity index (χ4v) is 4.42. The highest BCUT2D eigenvalue weighted by Gasteiger charge is 2.17. The molecular formula is C34H61NO4. The summed E-state index contributed by atoms with van der Waals surface area (Å²) in [5.41, 5.74) is 0. The highest BCUT2D eigenvalue weighted by atomic mass is 16.3. The van der Waals surface area contributed by atoms with Crippen molar-refractivity contribution in [1.29, 1.82) is 0 Å². The first-order valence-corrected chi connectivity index (χ1v) is 16.0. The molecule has 3 atom stereocenters. The minimum Gasteiger partial charge on any atom is -0.394 e. The Morgan fingerprint density at radius 3 is 2.03 bits per heavy atom. The average molecular weight is 548 g/mol. The molecule has 0 bridgehead atoms. The number of aliphatic hydroxyl groups is 3. The van der Waals surface area contributed by atoms with Crippen LogP contribution in [0.25, 0.3) is 0 Å². The minimum atomic E-state index is -0.869. The van der Waals surface area contributed by atoms with Crippen molar-refractivity contribution in [2.24, 2.45) is 0 Å². The number of carbonyl (C=O) groups excluding carboxylic acids is 1. The largest absolute Gasteiger partial charge is 0.394 e. The van der Waals surface area contributed by atoms with Gasteiger partial charge in [0, 0.05) is 6.42 Å². The molecule has 1 unspecified atom stereocenters. The van der Waals surface area contributed by atoms with Crippen LogP contribution in [0.3, 0.4) is 0 Å². The molecule has 226 valence electrons. The zero-order valence-corrected chi connectivity index (χ0v) is 25.2. The Kier molecular flexibility index (Phi) is 28.0. The molecule has 1 amide bonds. The summed E-state index contributed by atoms with van der Waals surface area (Å²) in [6.07, 6.45) is 34.9. The normalized spacial score (nSPS) is 14.7. The number of carbonyl (C=O) groups is 1. The van der Waals surface area contributed by atoms with Crippen molar-refractivity contribution in [2.45, 2.75) is 154 Å². The summed E-state index contributed by atoms with van der Waals surface area (Å²) in [7, 11) is 0. The number of hydrogen-bond donors (Lipinski definition) is 4. The lowest BCUT2D eigenvalue weighted by Gasteiger charge is -2.20. The molecular weight excluding hydrogens is 486 g/mol. The summed E-state index contributed by atoms with van der Waals surface area (Å²) in [5, 5.41) is 32.7. The molecule has 0 spiro atoms. The summed E-state index contributed by atoms with van der Waals surface area (Å²) in [6, 6.07) is -0.658. The maximum atomic E-state index is 12.2. The van der Waals surface area contributed by atoms with Gasteiger partial charge in [-0.2, -0.15) is 0 Å². The number of amides is 1. The maximum Gasteiger partial charge on any atom is 0.220 e. The predicted molar refractivity (Wildman–Crippen MR) is 167 cm³/mol. The fraction of sp³-hybridized carbons (Fsp3) is 0.735. The van der Waals surface area contributed by atoms with Crippen LogP contribution >= 0.6 is 0 Å². The summed E-state index contributed by atoms with van der Waals surface area (Å²) in [4.78, 5) is 12.2. The van der Waals surface area contributed by atoms with Gasteiger partial charge in [0.15, 0.2) is 0 Å². The Hall–Kier alpha value is -1.69. The molecule has 0 aromatic heterocycles. The van der Waals surface area contributed by atoms with Crippen LogP contribution in [0.15, 0.2) is 48.6 Å². The van der Waals surface area contributed by atoms with Crippen molar-refractivity contribution in [1.82, 2.24) is 5.32 Å². The van der Waals surface area contributed by atoms with Crippen molar-refractivity contribution < 1.29 is 20.1 Å². The fourth-order valence-electron chi connectivity index (χ4n) is 4.42. The van der Waals surface area contributed by atoms with E-state index in [1.807, 2.05) is 24.3 Å². The second-order valence-electron chi connectivity index (χ2n) is 10.7. The summed E-state index contributed by atoms with van der Waals surface area (Å²) in [5.74, 6) is -0.126. The highest BCUT2D eigenvalue weighted by Crippen LogP contribution is 2.12.